The van der Waals surface area contributed by atoms with Crippen molar-refractivity contribution in [2.75, 3.05) is 23.7 Å². The van der Waals surface area contributed by atoms with Gasteiger partial charge in [0.15, 0.2) is 0 Å². The number of hydrogen-bond donors (Lipinski definition) is 1. The van der Waals surface area contributed by atoms with Crippen LogP contribution in [0.5, 0.6) is 0 Å². The van der Waals surface area contributed by atoms with Gasteiger partial charge in [-0.05, 0) is 48.6 Å². The molecule has 8 heteroatoms. The summed E-state index contributed by atoms with van der Waals surface area (Å²) in [5.41, 5.74) is 3.57. The highest BCUT2D eigenvalue weighted by atomic mass is 32.2. The summed E-state index contributed by atoms with van der Waals surface area (Å²) in [4.78, 5) is 28.6. The monoisotopic (exact) mass is 549 g/mol. The first kappa shape index (κ1) is 29.9. The van der Waals surface area contributed by atoms with Gasteiger partial charge in [0.2, 0.25) is 21.8 Å². The predicted molar refractivity (Wildman–Crippen MR) is 157 cm³/mol. The van der Waals surface area contributed by atoms with Crippen molar-refractivity contribution in [3.05, 3.63) is 102 Å². The van der Waals surface area contributed by atoms with Crippen molar-refractivity contribution < 1.29 is 18.0 Å². The molecule has 0 heterocycles. The second-order valence-corrected chi connectivity index (χ2v) is 11.5. The smallest absolute Gasteiger partial charge is 0.243 e. The Hall–Kier alpha value is -3.65. The molecule has 0 bridgehead atoms. The number of sulfonamides is 1. The first-order valence-corrected chi connectivity index (χ1v) is 15.3. The summed E-state index contributed by atoms with van der Waals surface area (Å²) in [5, 5.41) is 2.89. The zero-order chi connectivity index (χ0) is 28.3. The van der Waals surface area contributed by atoms with Crippen LogP contribution in [0, 0.1) is 0 Å². The maximum atomic E-state index is 13.7. The van der Waals surface area contributed by atoms with Crippen LogP contribution in [-0.4, -0.2) is 50.5 Å². The molecule has 0 saturated heterocycles. The van der Waals surface area contributed by atoms with Crippen LogP contribution in [-0.2, 0) is 39.0 Å². The standard InChI is InChI=1S/C31H39N3O4S/c1-4-25-18-20-28(21-19-25)34(39(3,37)38)22-12-17-30(35)33(24-27-15-10-7-11-16-27)29(31(36)32-5-2)23-26-13-8-6-9-14-26/h6-11,13-16,18-21,29H,4-5,12,17,22-24H2,1-3H3,(H,32,36)/t29-/m0/s1. The molecule has 0 aliphatic heterocycles. The van der Waals surface area contributed by atoms with Gasteiger partial charge in [-0.3, -0.25) is 13.9 Å². The molecule has 0 fully saturated rings. The van der Waals surface area contributed by atoms with Crippen molar-refractivity contribution >= 4 is 27.5 Å². The molecule has 0 spiro atoms. The summed E-state index contributed by atoms with van der Waals surface area (Å²) in [6, 6.07) is 26.0. The molecule has 3 aromatic rings. The van der Waals surface area contributed by atoms with Crippen LogP contribution < -0.4 is 9.62 Å². The van der Waals surface area contributed by atoms with E-state index in [-0.39, 0.29) is 31.3 Å². The third-order valence-electron chi connectivity index (χ3n) is 6.60. The molecule has 1 atom stereocenters. The fraction of sp³-hybridized carbons (Fsp3) is 0.355. The Balaban J connectivity index is 1.82. The van der Waals surface area contributed by atoms with Crippen molar-refractivity contribution in [3.8, 4) is 0 Å². The molecule has 7 nitrogen and oxygen atoms in total. The molecule has 2 amide bonds. The van der Waals surface area contributed by atoms with Crippen LogP contribution in [0.4, 0.5) is 5.69 Å². The molecule has 1 N–H and O–H groups in total. The van der Waals surface area contributed by atoms with E-state index in [0.29, 0.717) is 25.1 Å². The third kappa shape index (κ3) is 8.96. The topological polar surface area (TPSA) is 86.8 Å². The van der Waals surface area contributed by atoms with E-state index in [1.807, 2.05) is 86.6 Å². The molecule has 0 saturated carbocycles. The Morgan fingerprint density at radius 1 is 0.821 bits per heavy atom. The zero-order valence-corrected chi connectivity index (χ0v) is 23.9. The van der Waals surface area contributed by atoms with Crippen LogP contribution >= 0.6 is 0 Å². The second kappa shape index (κ2) is 14.5. The van der Waals surface area contributed by atoms with E-state index in [0.717, 1.165) is 23.1 Å². The zero-order valence-electron chi connectivity index (χ0n) is 23.0. The third-order valence-corrected chi connectivity index (χ3v) is 7.80. The van der Waals surface area contributed by atoms with Gasteiger partial charge in [0, 0.05) is 32.5 Å². The number of likely N-dealkylation sites (N-methyl/N-ethyl adjacent to an activating group) is 1. The van der Waals surface area contributed by atoms with Crippen LogP contribution in [0.25, 0.3) is 0 Å². The summed E-state index contributed by atoms with van der Waals surface area (Å²) in [6.07, 6.45) is 2.84. The Morgan fingerprint density at radius 3 is 1.95 bits per heavy atom. The highest BCUT2D eigenvalue weighted by Crippen LogP contribution is 2.21. The predicted octanol–water partition coefficient (Wildman–Crippen LogP) is 4.57. The Morgan fingerprint density at radius 2 is 1.41 bits per heavy atom. The van der Waals surface area contributed by atoms with Gasteiger partial charge < -0.3 is 10.2 Å². The Kier molecular flexibility index (Phi) is 11.1. The first-order valence-electron chi connectivity index (χ1n) is 13.4. The number of nitrogens with zero attached hydrogens (tertiary/aromatic N) is 2. The number of amides is 2. The molecule has 0 aliphatic rings. The summed E-state index contributed by atoms with van der Waals surface area (Å²) in [7, 11) is -3.54. The van der Waals surface area contributed by atoms with Gasteiger partial charge in [-0.25, -0.2) is 8.42 Å². The number of nitrogens with one attached hydrogen (secondary N) is 1. The van der Waals surface area contributed by atoms with E-state index in [1.165, 1.54) is 10.6 Å². The summed E-state index contributed by atoms with van der Waals surface area (Å²) < 4.78 is 26.5. The van der Waals surface area contributed by atoms with Crippen molar-refractivity contribution in [1.29, 1.82) is 0 Å². The van der Waals surface area contributed by atoms with E-state index in [1.54, 1.807) is 17.0 Å². The lowest BCUT2D eigenvalue weighted by Gasteiger charge is -2.32. The van der Waals surface area contributed by atoms with E-state index >= 15 is 0 Å². The second-order valence-electron chi connectivity index (χ2n) is 9.57. The number of benzene rings is 3. The van der Waals surface area contributed by atoms with E-state index in [4.69, 9.17) is 0 Å². The number of rotatable bonds is 14. The lowest BCUT2D eigenvalue weighted by Crippen LogP contribution is -2.50. The van der Waals surface area contributed by atoms with Gasteiger partial charge in [-0.15, -0.1) is 0 Å². The maximum absolute atomic E-state index is 13.7. The number of carbonyl (C=O) groups excluding carboxylic acids is 2. The minimum Gasteiger partial charge on any atom is -0.355 e. The van der Waals surface area contributed by atoms with Crippen molar-refractivity contribution in [2.24, 2.45) is 0 Å². The highest BCUT2D eigenvalue weighted by Gasteiger charge is 2.30. The molecule has 3 rings (SSSR count). The van der Waals surface area contributed by atoms with Crippen LogP contribution in [0.1, 0.15) is 43.4 Å². The van der Waals surface area contributed by atoms with Crippen LogP contribution in [0.2, 0.25) is 0 Å². The number of aryl methyl sites for hydroxylation is 1. The molecule has 208 valence electrons. The van der Waals surface area contributed by atoms with Gasteiger partial charge in [-0.1, -0.05) is 79.7 Å². The fourth-order valence-corrected chi connectivity index (χ4v) is 5.49. The number of carbonyl (C=O) groups is 2. The Labute approximate surface area is 232 Å². The van der Waals surface area contributed by atoms with Gasteiger partial charge >= 0.3 is 0 Å². The summed E-state index contributed by atoms with van der Waals surface area (Å²) in [5.74, 6) is -0.403. The van der Waals surface area contributed by atoms with E-state index in [9.17, 15) is 18.0 Å². The quantitative estimate of drug-likeness (QED) is 0.319. The van der Waals surface area contributed by atoms with Crippen LogP contribution in [0.15, 0.2) is 84.9 Å². The molecule has 39 heavy (non-hydrogen) atoms. The average molecular weight is 550 g/mol. The minimum atomic E-state index is -3.54. The Bertz CT molecular complexity index is 1300. The van der Waals surface area contributed by atoms with Gasteiger partial charge in [-0.2, -0.15) is 0 Å². The van der Waals surface area contributed by atoms with Gasteiger partial charge in [0.05, 0.1) is 11.9 Å². The maximum Gasteiger partial charge on any atom is 0.243 e. The average Bonchev–Trinajstić information content (AvgIpc) is 2.93. The number of hydrogen-bond acceptors (Lipinski definition) is 4. The summed E-state index contributed by atoms with van der Waals surface area (Å²) >= 11 is 0. The minimum absolute atomic E-state index is 0.108. The largest absolute Gasteiger partial charge is 0.355 e. The van der Waals surface area contributed by atoms with Gasteiger partial charge in [0.1, 0.15) is 6.04 Å². The van der Waals surface area contributed by atoms with Gasteiger partial charge in [0.25, 0.3) is 0 Å². The van der Waals surface area contributed by atoms with E-state index < -0.39 is 16.1 Å². The number of anilines is 1. The molecule has 0 aliphatic carbocycles. The van der Waals surface area contributed by atoms with Crippen molar-refractivity contribution in [2.45, 2.75) is 52.1 Å². The first-order chi connectivity index (χ1) is 18.7. The normalized spacial score (nSPS) is 12.0. The molecule has 0 aromatic heterocycles. The van der Waals surface area contributed by atoms with Crippen LogP contribution in [0.3, 0.4) is 0 Å². The van der Waals surface area contributed by atoms with Crippen molar-refractivity contribution in [1.82, 2.24) is 10.2 Å². The lowest BCUT2D eigenvalue weighted by molar-refractivity contribution is -0.141. The highest BCUT2D eigenvalue weighted by molar-refractivity contribution is 7.92. The molecular weight excluding hydrogens is 510 g/mol. The molecular formula is C31H39N3O4S. The summed E-state index contributed by atoms with van der Waals surface area (Å²) in [6.45, 7) is 4.80. The molecule has 0 radical (unpaired) electrons. The molecule has 3 aromatic carbocycles. The SMILES string of the molecule is CCNC(=O)[C@H](Cc1ccccc1)N(Cc1ccccc1)C(=O)CCCN(c1ccc(CC)cc1)S(C)(=O)=O. The van der Waals surface area contributed by atoms with Crippen molar-refractivity contribution in [3.63, 3.8) is 0 Å². The van der Waals surface area contributed by atoms with E-state index in [2.05, 4.69) is 5.32 Å². The molecule has 0 unspecified atom stereocenters. The fourth-order valence-electron chi connectivity index (χ4n) is 4.53. The lowest BCUT2D eigenvalue weighted by atomic mass is 10.0.